The number of nitrogens with zero attached hydrogens (tertiary/aromatic N) is 1. The molecule has 1 aliphatic heterocycles. The van der Waals surface area contributed by atoms with Crippen molar-refractivity contribution in [2.24, 2.45) is 0 Å². The third-order valence-corrected chi connectivity index (χ3v) is 6.61. The number of alkyl halides is 3. The Morgan fingerprint density at radius 1 is 1.11 bits per heavy atom. The number of benzene rings is 2. The molecule has 0 aliphatic carbocycles. The smallest absolute Gasteiger partial charge is 0.488 e. The van der Waals surface area contributed by atoms with Gasteiger partial charge in [-0.05, 0) is 63.1 Å². The first-order chi connectivity index (χ1) is 17.4. The molecule has 200 valence electrons. The van der Waals surface area contributed by atoms with Crippen LogP contribution < -0.4 is 14.4 Å². The number of fused-ring (bicyclic) bond motifs is 1. The summed E-state index contributed by atoms with van der Waals surface area (Å²) in [5.41, 5.74) is 0.782. The van der Waals surface area contributed by atoms with Gasteiger partial charge in [0.15, 0.2) is 5.75 Å². The first-order valence-corrected chi connectivity index (χ1v) is 18.4. The van der Waals surface area contributed by atoms with Crippen LogP contribution in [0.25, 0.3) is 11.1 Å². The molecule has 11 heteroatoms. The number of thiophene rings is 1. The van der Waals surface area contributed by atoms with Crippen molar-refractivity contribution in [3.8, 4) is 22.6 Å². The fourth-order valence-corrected chi connectivity index (χ4v) is 4.90. The quantitative estimate of drug-likeness (QED) is 0.249. The van der Waals surface area contributed by atoms with E-state index < -0.39 is 24.1 Å². The van der Waals surface area contributed by atoms with Crippen LogP contribution in [0.15, 0.2) is 54.6 Å². The number of hydrogen-bond acceptors (Lipinski definition) is 5. The second-order valence-corrected chi connectivity index (χ2v) is 10.3. The molecular weight excluding hydrogens is 733 g/mol. The van der Waals surface area contributed by atoms with Gasteiger partial charge >= 0.3 is 12.5 Å². The standard InChI is InChI=1S/C26H26F3NO4S.I2/c1-5-18-12-13-22(35-18)21-15-32-23-19(16-8-6-9-17(14-16)33-26(27,28)29)10-7-11-20(23)30(21)24(31)34-25(2,3)4;1-2/h6-14,21H,5,15H2,1-4H3;. The summed E-state index contributed by atoms with van der Waals surface area (Å²) in [7, 11) is 0. The molecule has 1 aromatic heterocycles. The predicted octanol–water partition coefficient (Wildman–Crippen LogP) is 9.52. The molecule has 2 aromatic carbocycles. The molecule has 1 amide bonds. The van der Waals surface area contributed by atoms with Crippen LogP contribution in [0.3, 0.4) is 0 Å². The fourth-order valence-electron chi connectivity index (χ4n) is 3.87. The van der Waals surface area contributed by atoms with Crippen LogP contribution in [0.5, 0.6) is 11.5 Å². The Labute approximate surface area is 241 Å². The molecule has 1 unspecified atom stereocenters. The molecule has 0 spiro atoms. The third kappa shape index (κ3) is 7.65. The minimum Gasteiger partial charge on any atom is -0.488 e. The molecule has 5 nitrogen and oxygen atoms in total. The summed E-state index contributed by atoms with van der Waals surface area (Å²) in [5, 5.41) is 0. The average Bonchev–Trinajstić information content (AvgIpc) is 3.31. The van der Waals surface area contributed by atoms with Crippen LogP contribution in [0.2, 0.25) is 0 Å². The van der Waals surface area contributed by atoms with Crippen molar-refractivity contribution in [2.45, 2.75) is 52.1 Å². The highest BCUT2D eigenvalue weighted by molar-refractivity contribution is 15.0. The van der Waals surface area contributed by atoms with Gasteiger partial charge in [0.25, 0.3) is 0 Å². The first-order valence-electron chi connectivity index (χ1n) is 11.3. The van der Waals surface area contributed by atoms with Gasteiger partial charge in [0.1, 0.15) is 24.0 Å². The Bertz CT molecular complexity index is 1230. The number of carbonyl (C=O) groups is 1. The number of aryl methyl sites for hydroxylation is 1. The van der Waals surface area contributed by atoms with Crippen molar-refractivity contribution in [1.82, 2.24) is 0 Å². The van der Waals surface area contributed by atoms with Gasteiger partial charge in [0.05, 0.1) is 5.69 Å². The molecule has 4 rings (SSSR count). The maximum Gasteiger partial charge on any atom is 0.573 e. The van der Waals surface area contributed by atoms with Crippen LogP contribution >= 0.6 is 48.6 Å². The van der Waals surface area contributed by atoms with E-state index in [1.54, 1.807) is 61.3 Å². The van der Waals surface area contributed by atoms with E-state index in [9.17, 15) is 18.0 Å². The highest BCUT2D eigenvalue weighted by Gasteiger charge is 2.38. The maximum atomic E-state index is 13.4. The number of hydrogen-bond donors (Lipinski definition) is 0. The number of amides is 1. The summed E-state index contributed by atoms with van der Waals surface area (Å²) >= 11 is 5.85. The van der Waals surface area contributed by atoms with E-state index in [-0.39, 0.29) is 12.4 Å². The number of rotatable bonds is 4. The molecule has 0 bridgehead atoms. The average molecular weight is 759 g/mol. The molecule has 0 N–H and O–H groups in total. The maximum absolute atomic E-state index is 13.4. The van der Waals surface area contributed by atoms with Gasteiger partial charge in [0.2, 0.25) is 0 Å². The van der Waals surface area contributed by atoms with Crippen LogP contribution in [0.1, 0.15) is 43.5 Å². The van der Waals surface area contributed by atoms with Gasteiger partial charge in [-0.1, -0.05) is 31.2 Å². The second kappa shape index (κ2) is 12.4. The Kier molecular flexibility index (Phi) is 10.00. The number of para-hydroxylation sites is 1. The third-order valence-electron chi connectivity index (χ3n) is 5.28. The van der Waals surface area contributed by atoms with E-state index in [2.05, 4.69) is 48.9 Å². The van der Waals surface area contributed by atoms with Crippen LogP contribution in [-0.2, 0) is 11.2 Å². The molecule has 0 radical (unpaired) electrons. The van der Waals surface area contributed by atoms with E-state index in [4.69, 9.17) is 9.47 Å². The molecule has 0 saturated heterocycles. The van der Waals surface area contributed by atoms with Crippen molar-refractivity contribution < 1.29 is 32.2 Å². The molecule has 0 fully saturated rings. The van der Waals surface area contributed by atoms with Crippen molar-refractivity contribution in [3.63, 3.8) is 0 Å². The Morgan fingerprint density at radius 2 is 1.81 bits per heavy atom. The lowest BCUT2D eigenvalue weighted by Crippen LogP contribution is -2.43. The van der Waals surface area contributed by atoms with E-state index in [0.717, 1.165) is 11.3 Å². The molecule has 2 heterocycles. The SMILES string of the molecule is CCc1ccc(C2COc3c(-c4cccc(OC(F)(F)F)c4)cccc3N2C(=O)OC(C)(C)C)s1.II. The van der Waals surface area contributed by atoms with E-state index in [0.29, 0.717) is 22.6 Å². The summed E-state index contributed by atoms with van der Waals surface area (Å²) < 4.78 is 54.2. The summed E-state index contributed by atoms with van der Waals surface area (Å²) in [5.74, 6) is 0.0574. The lowest BCUT2D eigenvalue weighted by atomic mass is 10.0. The fraction of sp³-hybridized carbons (Fsp3) is 0.346. The van der Waals surface area contributed by atoms with Crippen LogP contribution in [0, 0.1) is 0 Å². The molecule has 0 saturated carbocycles. The number of ether oxygens (including phenoxy) is 3. The molecule has 1 aliphatic rings. The van der Waals surface area contributed by atoms with E-state index in [1.807, 2.05) is 12.1 Å². The number of anilines is 1. The topological polar surface area (TPSA) is 48.0 Å². The van der Waals surface area contributed by atoms with Crippen LogP contribution in [0.4, 0.5) is 23.7 Å². The monoisotopic (exact) mass is 759 g/mol. The van der Waals surface area contributed by atoms with Gasteiger partial charge in [-0.15, -0.1) is 24.5 Å². The van der Waals surface area contributed by atoms with Gasteiger partial charge in [0, 0.05) is 52.5 Å². The number of carbonyl (C=O) groups excluding carboxylic acids is 1. The number of halogens is 5. The zero-order chi connectivity index (χ0) is 27.4. The Balaban J connectivity index is 0.00000186. The molecular formula is C26H26F3I2NO4S. The van der Waals surface area contributed by atoms with Crippen molar-refractivity contribution in [2.75, 3.05) is 11.5 Å². The van der Waals surface area contributed by atoms with Gasteiger partial charge in [-0.3, -0.25) is 4.90 Å². The van der Waals surface area contributed by atoms with Crippen molar-refractivity contribution in [3.05, 3.63) is 64.4 Å². The Morgan fingerprint density at radius 3 is 2.43 bits per heavy atom. The molecule has 1 atom stereocenters. The lowest BCUT2D eigenvalue weighted by Gasteiger charge is -2.38. The van der Waals surface area contributed by atoms with Crippen molar-refractivity contribution in [1.29, 1.82) is 0 Å². The van der Waals surface area contributed by atoms with Gasteiger partial charge < -0.3 is 14.2 Å². The minimum atomic E-state index is -4.80. The normalized spacial score (nSPS) is 15.2. The molecule has 37 heavy (non-hydrogen) atoms. The van der Waals surface area contributed by atoms with Gasteiger partial charge in [-0.25, -0.2) is 4.79 Å². The van der Waals surface area contributed by atoms with E-state index >= 15 is 0 Å². The highest BCUT2D eigenvalue weighted by Crippen LogP contribution is 2.47. The zero-order valence-electron chi connectivity index (χ0n) is 20.6. The van der Waals surface area contributed by atoms with Crippen LogP contribution in [-0.4, -0.2) is 24.7 Å². The van der Waals surface area contributed by atoms with E-state index in [1.165, 1.54) is 23.1 Å². The van der Waals surface area contributed by atoms with Gasteiger partial charge in [-0.2, -0.15) is 0 Å². The van der Waals surface area contributed by atoms with Crippen molar-refractivity contribution >= 4 is 60.3 Å². The molecule has 3 aromatic rings. The second-order valence-electron chi connectivity index (χ2n) is 9.06. The summed E-state index contributed by atoms with van der Waals surface area (Å²) in [6.07, 6.45) is -4.45. The zero-order valence-corrected chi connectivity index (χ0v) is 25.7. The highest BCUT2D eigenvalue weighted by atomic mass is 128. The lowest BCUT2D eigenvalue weighted by molar-refractivity contribution is -0.274. The summed E-state index contributed by atoms with van der Waals surface area (Å²) in [6, 6.07) is 14.5. The Hall–Kier alpha value is -1.74. The summed E-state index contributed by atoms with van der Waals surface area (Å²) in [6.45, 7) is 7.63. The largest absolute Gasteiger partial charge is 0.573 e. The predicted molar refractivity (Wildman–Crippen MR) is 157 cm³/mol. The minimum absolute atomic E-state index is 0.172. The summed E-state index contributed by atoms with van der Waals surface area (Å²) in [4.78, 5) is 17.1. The first kappa shape index (κ1) is 29.8.